The average Bonchev–Trinajstić information content (AvgIpc) is 2.21. The minimum Gasteiger partial charge on any atom is -0.392 e. The van der Waals surface area contributed by atoms with Gasteiger partial charge in [0.05, 0.1) is 17.7 Å². The number of benzene rings is 1. The van der Waals surface area contributed by atoms with Crippen LogP contribution in [0.3, 0.4) is 0 Å². The molecule has 0 aliphatic carbocycles. The van der Waals surface area contributed by atoms with Crippen molar-refractivity contribution in [2.24, 2.45) is 0 Å². The zero-order valence-electron chi connectivity index (χ0n) is 8.80. The number of halogens is 2. The first-order valence-corrected chi connectivity index (χ1v) is 4.81. The zero-order valence-corrected chi connectivity index (χ0v) is 8.80. The van der Waals surface area contributed by atoms with Crippen LogP contribution in [0.4, 0.5) is 8.78 Å². The Balaban J connectivity index is 2.77. The van der Waals surface area contributed by atoms with Crippen molar-refractivity contribution < 1.29 is 13.9 Å². The van der Waals surface area contributed by atoms with E-state index >= 15 is 0 Å². The monoisotopic (exact) mass is 226 g/mol. The maximum atomic E-state index is 13.3. The summed E-state index contributed by atoms with van der Waals surface area (Å²) in [6.07, 6.45) is -0.579. The number of nitrogens with zero attached hydrogens (tertiary/aromatic N) is 1. The highest BCUT2D eigenvalue weighted by molar-refractivity contribution is 5.34. The van der Waals surface area contributed by atoms with Gasteiger partial charge in [-0.25, -0.2) is 8.78 Å². The number of nitriles is 1. The minimum absolute atomic E-state index is 0.0196. The molecule has 1 atom stereocenters. The van der Waals surface area contributed by atoms with Crippen LogP contribution in [0.25, 0.3) is 0 Å². The highest BCUT2D eigenvalue weighted by Crippen LogP contribution is 2.14. The molecule has 1 aromatic carbocycles. The largest absolute Gasteiger partial charge is 0.392 e. The van der Waals surface area contributed by atoms with Gasteiger partial charge >= 0.3 is 0 Å². The van der Waals surface area contributed by atoms with Crippen molar-refractivity contribution in [3.05, 3.63) is 34.9 Å². The van der Waals surface area contributed by atoms with E-state index < -0.39 is 17.7 Å². The van der Waals surface area contributed by atoms with Gasteiger partial charge in [-0.15, -0.1) is 0 Å². The molecule has 0 spiro atoms. The van der Waals surface area contributed by atoms with Crippen molar-refractivity contribution in [3.63, 3.8) is 0 Å². The van der Waals surface area contributed by atoms with Crippen molar-refractivity contribution >= 4 is 0 Å². The average molecular weight is 226 g/mol. The van der Waals surface area contributed by atoms with E-state index in [1.165, 1.54) is 0 Å². The lowest BCUT2D eigenvalue weighted by molar-refractivity contribution is 0.190. The quantitative estimate of drug-likeness (QED) is 0.813. The second kappa shape index (κ2) is 5.54. The molecule has 1 unspecified atom stereocenters. The van der Waals surface area contributed by atoms with E-state index in [0.29, 0.717) is 0 Å². The van der Waals surface area contributed by atoms with Gasteiger partial charge in [-0.3, -0.25) is 0 Å². The van der Waals surface area contributed by atoms with Gasteiger partial charge in [0.2, 0.25) is 0 Å². The second-order valence-corrected chi connectivity index (χ2v) is 3.51. The van der Waals surface area contributed by atoms with Crippen LogP contribution in [0, 0.1) is 23.0 Å². The van der Waals surface area contributed by atoms with E-state index in [0.717, 1.165) is 12.1 Å². The van der Waals surface area contributed by atoms with Crippen LogP contribution < -0.4 is 5.32 Å². The molecule has 0 fully saturated rings. The molecule has 1 rings (SSSR count). The third-order valence-corrected chi connectivity index (χ3v) is 2.01. The van der Waals surface area contributed by atoms with Gasteiger partial charge in [-0.05, 0) is 19.1 Å². The number of hydrogen-bond acceptors (Lipinski definition) is 3. The normalized spacial score (nSPS) is 12.2. The fourth-order valence-corrected chi connectivity index (χ4v) is 1.24. The van der Waals surface area contributed by atoms with Crippen molar-refractivity contribution in [1.82, 2.24) is 5.32 Å². The molecule has 0 amide bonds. The summed E-state index contributed by atoms with van der Waals surface area (Å²) in [6, 6.07) is 3.65. The van der Waals surface area contributed by atoms with Crippen LogP contribution in [0.1, 0.15) is 18.1 Å². The summed E-state index contributed by atoms with van der Waals surface area (Å²) in [6.45, 7) is 1.80. The molecule has 86 valence electrons. The Morgan fingerprint density at radius 2 is 2.00 bits per heavy atom. The molecule has 0 heterocycles. The van der Waals surface area contributed by atoms with Crippen molar-refractivity contribution in [3.8, 4) is 6.07 Å². The molecule has 0 aromatic heterocycles. The first kappa shape index (κ1) is 12.6. The smallest absolute Gasteiger partial charge is 0.131 e. The molecule has 0 saturated carbocycles. The Morgan fingerprint density at radius 3 is 2.44 bits per heavy atom. The van der Waals surface area contributed by atoms with E-state index in [1.54, 1.807) is 13.0 Å². The first-order valence-electron chi connectivity index (χ1n) is 4.81. The van der Waals surface area contributed by atoms with E-state index in [2.05, 4.69) is 5.32 Å². The van der Waals surface area contributed by atoms with Gasteiger partial charge in [0.25, 0.3) is 0 Å². The van der Waals surface area contributed by atoms with E-state index in [1.807, 2.05) is 0 Å². The Kier molecular flexibility index (Phi) is 4.35. The molecule has 0 bridgehead atoms. The molecule has 0 aliphatic heterocycles. The summed E-state index contributed by atoms with van der Waals surface area (Å²) in [4.78, 5) is 0. The predicted molar refractivity (Wildman–Crippen MR) is 54.5 cm³/mol. The maximum Gasteiger partial charge on any atom is 0.131 e. The number of nitrogens with one attached hydrogen (secondary N) is 1. The molecular formula is C11H12F2N2O. The second-order valence-electron chi connectivity index (χ2n) is 3.51. The summed E-state index contributed by atoms with van der Waals surface area (Å²) < 4.78 is 26.7. The topological polar surface area (TPSA) is 56.0 Å². The predicted octanol–water partition coefficient (Wildman–Crippen LogP) is 1.31. The summed E-state index contributed by atoms with van der Waals surface area (Å²) >= 11 is 0. The lowest BCUT2D eigenvalue weighted by atomic mass is 10.1. The summed E-state index contributed by atoms with van der Waals surface area (Å²) in [5.41, 5.74) is -0.172. The number of aliphatic hydroxyl groups excluding tert-OH is 1. The molecule has 0 saturated heterocycles. The summed E-state index contributed by atoms with van der Waals surface area (Å²) in [7, 11) is 0. The van der Waals surface area contributed by atoms with Gasteiger partial charge in [-0.1, -0.05) is 0 Å². The van der Waals surface area contributed by atoms with Gasteiger partial charge in [0.1, 0.15) is 11.6 Å². The fraction of sp³-hybridized carbons (Fsp3) is 0.364. The lowest BCUT2D eigenvalue weighted by Crippen LogP contribution is -2.24. The number of aliphatic hydroxyl groups is 1. The van der Waals surface area contributed by atoms with Crippen molar-refractivity contribution in [2.45, 2.75) is 19.6 Å². The first-order chi connectivity index (χ1) is 7.54. The Morgan fingerprint density at radius 1 is 1.44 bits per heavy atom. The fourth-order valence-electron chi connectivity index (χ4n) is 1.24. The van der Waals surface area contributed by atoms with Gasteiger partial charge < -0.3 is 10.4 Å². The lowest BCUT2D eigenvalue weighted by Gasteiger charge is -2.08. The molecule has 16 heavy (non-hydrogen) atoms. The Hall–Kier alpha value is -1.51. The molecule has 0 aliphatic rings. The molecule has 0 radical (unpaired) electrons. The Bertz CT molecular complexity index is 390. The standard InChI is InChI=1S/C11H12F2N2O/c1-7(16)5-15-6-9-10(12)2-8(4-14)3-11(9)13/h2-3,7,15-16H,5-6H2,1H3. The van der Waals surface area contributed by atoms with E-state index in [-0.39, 0.29) is 24.2 Å². The SMILES string of the molecule is CC(O)CNCc1c(F)cc(C#N)cc1F. The van der Waals surface area contributed by atoms with E-state index in [9.17, 15) is 8.78 Å². The van der Waals surface area contributed by atoms with Gasteiger partial charge in [-0.2, -0.15) is 5.26 Å². The van der Waals surface area contributed by atoms with Crippen LogP contribution in [0.15, 0.2) is 12.1 Å². The molecule has 1 aromatic rings. The number of hydrogen-bond donors (Lipinski definition) is 2. The number of rotatable bonds is 4. The molecule has 5 heteroatoms. The highest BCUT2D eigenvalue weighted by atomic mass is 19.1. The third kappa shape index (κ3) is 3.26. The van der Waals surface area contributed by atoms with Crippen LogP contribution >= 0.6 is 0 Å². The summed E-state index contributed by atoms with van der Waals surface area (Å²) in [5.74, 6) is -1.51. The Labute approximate surface area is 92.3 Å². The third-order valence-electron chi connectivity index (χ3n) is 2.01. The summed E-state index contributed by atoms with van der Waals surface area (Å²) in [5, 5.41) is 20.2. The highest BCUT2D eigenvalue weighted by Gasteiger charge is 2.10. The molecular weight excluding hydrogens is 214 g/mol. The van der Waals surface area contributed by atoms with Crippen molar-refractivity contribution in [2.75, 3.05) is 6.54 Å². The van der Waals surface area contributed by atoms with Crippen LogP contribution in [0.5, 0.6) is 0 Å². The zero-order chi connectivity index (χ0) is 12.1. The minimum atomic E-state index is -0.755. The van der Waals surface area contributed by atoms with E-state index in [4.69, 9.17) is 10.4 Å². The van der Waals surface area contributed by atoms with Crippen molar-refractivity contribution in [1.29, 1.82) is 5.26 Å². The van der Waals surface area contributed by atoms with Crippen LogP contribution in [-0.2, 0) is 6.54 Å². The van der Waals surface area contributed by atoms with Crippen LogP contribution in [0.2, 0.25) is 0 Å². The maximum absolute atomic E-state index is 13.3. The molecule has 3 nitrogen and oxygen atoms in total. The van der Waals surface area contributed by atoms with Gasteiger partial charge in [0, 0.05) is 18.7 Å². The molecule has 2 N–H and O–H groups in total. The van der Waals surface area contributed by atoms with Crippen LogP contribution in [-0.4, -0.2) is 17.8 Å². The van der Waals surface area contributed by atoms with Gasteiger partial charge in [0.15, 0.2) is 0 Å².